The van der Waals surface area contributed by atoms with Gasteiger partial charge in [-0.3, -0.25) is 4.79 Å². The number of carbonyl (C=O) groups is 1. The van der Waals surface area contributed by atoms with Gasteiger partial charge >= 0.3 is 0 Å². The van der Waals surface area contributed by atoms with E-state index in [1.165, 1.54) is 0 Å². The summed E-state index contributed by atoms with van der Waals surface area (Å²) in [6.45, 7) is 7.29. The van der Waals surface area contributed by atoms with E-state index in [0.717, 1.165) is 24.4 Å². The van der Waals surface area contributed by atoms with Crippen LogP contribution in [0.1, 0.15) is 57.0 Å². The Labute approximate surface area is 176 Å². The quantitative estimate of drug-likeness (QED) is 0.674. The molecule has 28 heavy (non-hydrogen) atoms. The Morgan fingerprint density at radius 2 is 1.89 bits per heavy atom. The van der Waals surface area contributed by atoms with E-state index in [1.807, 2.05) is 17.2 Å². The van der Waals surface area contributed by atoms with Crippen LogP contribution in [0.4, 0.5) is 0 Å². The second-order valence-corrected chi connectivity index (χ2v) is 8.19. The third-order valence-electron chi connectivity index (χ3n) is 5.00. The minimum Gasteiger partial charge on any atom is -0.479 e. The molecule has 2 heterocycles. The molecule has 150 valence electrons. The Morgan fingerprint density at radius 3 is 2.57 bits per heavy atom. The zero-order chi connectivity index (χ0) is 20.3. The zero-order valence-electron chi connectivity index (χ0n) is 16.4. The van der Waals surface area contributed by atoms with Crippen LogP contribution in [0.3, 0.4) is 0 Å². The van der Waals surface area contributed by atoms with Gasteiger partial charge in [0.05, 0.1) is 5.02 Å². The van der Waals surface area contributed by atoms with Crippen molar-refractivity contribution in [3.63, 3.8) is 0 Å². The molecule has 1 amide bonds. The number of benzene rings is 1. The molecule has 0 radical (unpaired) electrons. The molecule has 0 spiro atoms. The second kappa shape index (κ2) is 9.10. The topological polar surface area (TPSA) is 55.3 Å². The number of likely N-dealkylation sites (tertiary alicyclic amines) is 1. The van der Waals surface area contributed by atoms with Gasteiger partial charge in [-0.25, -0.2) is 9.97 Å². The third kappa shape index (κ3) is 4.76. The molecule has 5 nitrogen and oxygen atoms in total. The van der Waals surface area contributed by atoms with Crippen molar-refractivity contribution < 1.29 is 9.53 Å². The molecule has 1 aromatic carbocycles. The van der Waals surface area contributed by atoms with Crippen molar-refractivity contribution in [2.45, 2.75) is 51.6 Å². The van der Waals surface area contributed by atoms with Gasteiger partial charge in [0.15, 0.2) is 6.10 Å². The Balaban J connectivity index is 1.59. The van der Waals surface area contributed by atoms with E-state index in [9.17, 15) is 4.79 Å². The molecule has 0 N–H and O–H groups in total. The summed E-state index contributed by atoms with van der Waals surface area (Å²) in [5, 5.41) is 0.734. The summed E-state index contributed by atoms with van der Waals surface area (Å²) in [5.41, 5.74) is 1.07. The third-order valence-corrected chi connectivity index (χ3v) is 5.81. The molecule has 1 fully saturated rings. The van der Waals surface area contributed by atoms with Crippen molar-refractivity contribution in [3.8, 4) is 5.75 Å². The molecular weight excluding hydrogens is 397 g/mol. The van der Waals surface area contributed by atoms with E-state index in [4.69, 9.17) is 32.9 Å². The molecule has 0 saturated carbocycles. The number of hydrogen-bond donors (Lipinski definition) is 0. The van der Waals surface area contributed by atoms with Gasteiger partial charge in [0.2, 0.25) is 0 Å². The Hall–Kier alpha value is -1.85. The predicted molar refractivity (Wildman–Crippen MR) is 111 cm³/mol. The lowest BCUT2D eigenvalue weighted by molar-refractivity contribution is -0.139. The van der Waals surface area contributed by atoms with E-state index in [2.05, 4.69) is 18.8 Å². The Morgan fingerprint density at radius 1 is 1.18 bits per heavy atom. The molecule has 1 unspecified atom stereocenters. The lowest BCUT2D eigenvalue weighted by Crippen LogP contribution is -2.44. The smallest absolute Gasteiger partial charge is 0.263 e. The first-order valence-corrected chi connectivity index (χ1v) is 10.3. The Bertz CT molecular complexity index is 836. The van der Waals surface area contributed by atoms with Crippen molar-refractivity contribution in [2.24, 2.45) is 0 Å². The maximum absolute atomic E-state index is 12.8. The molecule has 3 rings (SSSR count). The van der Waals surface area contributed by atoms with Gasteiger partial charge in [-0.1, -0.05) is 43.1 Å². The van der Waals surface area contributed by atoms with Crippen molar-refractivity contribution in [1.29, 1.82) is 0 Å². The molecule has 1 aliphatic rings. The van der Waals surface area contributed by atoms with Crippen LogP contribution >= 0.6 is 23.2 Å². The molecule has 1 saturated heterocycles. The van der Waals surface area contributed by atoms with Crippen LogP contribution in [0.5, 0.6) is 5.75 Å². The van der Waals surface area contributed by atoms with Crippen LogP contribution in [0.2, 0.25) is 10.0 Å². The van der Waals surface area contributed by atoms with E-state index in [1.54, 1.807) is 25.1 Å². The molecule has 2 aromatic rings. The van der Waals surface area contributed by atoms with E-state index >= 15 is 0 Å². The Kier molecular flexibility index (Phi) is 6.78. The fourth-order valence-corrected chi connectivity index (χ4v) is 3.70. The minimum absolute atomic E-state index is 0.0416. The van der Waals surface area contributed by atoms with E-state index in [-0.39, 0.29) is 5.91 Å². The lowest BCUT2D eigenvalue weighted by atomic mass is 9.93. The van der Waals surface area contributed by atoms with Crippen molar-refractivity contribution >= 4 is 29.1 Å². The number of ether oxygens (including phenoxy) is 1. The summed E-state index contributed by atoms with van der Waals surface area (Å²) >= 11 is 12.2. The highest BCUT2D eigenvalue weighted by Gasteiger charge is 2.29. The molecule has 1 aliphatic heterocycles. The monoisotopic (exact) mass is 421 g/mol. The van der Waals surface area contributed by atoms with Crippen LogP contribution in [0.25, 0.3) is 0 Å². The fraction of sp³-hybridized carbons (Fsp3) is 0.476. The number of aromatic nitrogens is 2. The number of nitrogens with zero attached hydrogens (tertiary/aromatic N) is 3. The van der Waals surface area contributed by atoms with E-state index in [0.29, 0.717) is 40.7 Å². The molecule has 0 aliphatic carbocycles. The highest BCUT2D eigenvalue weighted by molar-refractivity contribution is 6.42. The first kappa shape index (κ1) is 20.9. The first-order valence-electron chi connectivity index (χ1n) is 9.59. The minimum atomic E-state index is -0.626. The zero-order valence-corrected chi connectivity index (χ0v) is 17.9. The summed E-state index contributed by atoms with van der Waals surface area (Å²) in [4.78, 5) is 23.7. The number of piperidine rings is 1. The van der Waals surface area contributed by atoms with Gasteiger partial charge in [0.1, 0.15) is 16.6 Å². The number of hydrogen-bond acceptors (Lipinski definition) is 4. The van der Waals surface area contributed by atoms with Gasteiger partial charge in [0, 0.05) is 36.8 Å². The second-order valence-electron chi connectivity index (χ2n) is 7.41. The highest BCUT2D eigenvalue weighted by atomic mass is 35.5. The normalized spacial score (nSPS) is 16.3. The van der Waals surface area contributed by atoms with Crippen LogP contribution in [-0.4, -0.2) is 40.0 Å². The fourth-order valence-electron chi connectivity index (χ4n) is 3.36. The van der Waals surface area contributed by atoms with E-state index < -0.39 is 6.10 Å². The maximum atomic E-state index is 12.8. The van der Waals surface area contributed by atoms with Crippen molar-refractivity contribution in [3.05, 3.63) is 52.0 Å². The summed E-state index contributed by atoms with van der Waals surface area (Å²) in [7, 11) is 0. The van der Waals surface area contributed by atoms with Crippen LogP contribution in [0.15, 0.2) is 30.5 Å². The van der Waals surface area contributed by atoms with Gasteiger partial charge in [0.25, 0.3) is 5.91 Å². The number of halogens is 2. The highest BCUT2D eigenvalue weighted by Crippen LogP contribution is 2.33. The summed E-state index contributed by atoms with van der Waals surface area (Å²) in [6, 6.07) is 7.14. The average Bonchev–Trinajstić information content (AvgIpc) is 2.71. The number of carbonyl (C=O) groups excluding carboxylic acids is 1. The maximum Gasteiger partial charge on any atom is 0.263 e. The van der Waals surface area contributed by atoms with Gasteiger partial charge in [-0.2, -0.15) is 0 Å². The average molecular weight is 422 g/mol. The molecule has 7 heteroatoms. The van der Waals surface area contributed by atoms with Crippen molar-refractivity contribution in [1.82, 2.24) is 14.9 Å². The molecule has 1 aromatic heterocycles. The number of amides is 1. The van der Waals surface area contributed by atoms with Gasteiger partial charge < -0.3 is 9.64 Å². The molecular formula is C21H25Cl2N3O2. The predicted octanol–water partition coefficient (Wildman–Crippen LogP) is 5.08. The summed E-state index contributed by atoms with van der Waals surface area (Å²) in [6.07, 6.45) is 2.97. The van der Waals surface area contributed by atoms with Gasteiger partial charge in [-0.15, -0.1) is 0 Å². The van der Waals surface area contributed by atoms with Crippen LogP contribution in [-0.2, 0) is 4.79 Å². The molecule has 1 atom stereocenters. The standard InChI is InChI=1S/C21H25Cl2N3O2/c1-13(2)20-24-10-7-17(25-20)15-8-11-26(12-9-15)21(27)14(3)28-18-6-4-5-16(22)19(18)23/h4-7,10,13-15H,8-9,11-12H2,1-3H3. The summed E-state index contributed by atoms with van der Waals surface area (Å²) < 4.78 is 5.77. The molecule has 0 bridgehead atoms. The van der Waals surface area contributed by atoms with Gasteiger partial charge in [-0.05, 0) is 38.0 Å². The first-order chi connectivity index (χ1) is 13.4. The van der Waals surface area contributed by atoms with Crippen LogP contribution in [0, 0.1) is 0 Å². The SMILES string of the molecule is CC(Oc1cccc(Cl)c1Cl)C(=O)N1CCC(c2ccnc(C(C)C)n2)CC1. The lowest BCUT2D eigenvalue weighted by Gasteiger charge is -2.33. The largest absolute Gasteiger partial charge is 0.479 e. The van der Waals surface area contributed by atoms with Crippen LogP contribution < -0.4 is 4.74 Å². The number of rotatable bonds is 5. The van der Waals surface area contributed by atoms with Crippen molar-refractivity contribution in [2.75, 3.05) is 13.1 Å². The summed E-state index contributed by atoms with van der Waals surface area (Å²) in [5.74, 6) is 1.91.